The highest BCUT2D eigenvalue weighted by molar-refractivity contribution is 5.68. The number of unbranched alkanes of at least 4 members (excludes halogenated alkanes) is 1. The number of hydrogen-bond acceptors (Lipinski definition) is 3. The monoisotopic (exact) mass is 529 g/mol. The van der Waals surface area contributed by atoms with Gasteiger partial charge in [-0.05, 0) is 49.2 Å². The van der Waals surface area contributed by atoms with Gasteiger partial charge in [-0.3, -0.25) is 4.90 Å². The summed E-state index contributed by atoms with van der Waals surface area (Å²) in [5, 5.41) is 0. The molecular weight excluding hydrogens is 490 g/mol. The number of benzene rings is 4. The van der Waals surface area contributed by atoms with Gasteiger partial charge in [0.1, 0.15) is 17.3 Å². The van der Waals surface area contributed by atoms with Crippen LogP contribution in [0.1, 0.15) is 44.4 Å². The lowest BCUT2D eigenvalue weighted by Gasteiger charge is -2.24. The first-order valence-electron chi connectivity index (χ1n) is 14.5. The van der Waals surface area contributed by atoms with Gasteiger partial charge in [0.25, 0.3) is 0 Å². The molecule has 4 nitrogen and oxygen atoms in total. The molecule has 5 aromatic rings. The summed E-state index contributed by atoms with van der Waals surface area (Å²) in [5.74, 6) is 2.77. The van der Waals surface area contributed by atoms with Crippen molar-refractivity contribution in [1.29, 1.82) is 0 Å². The van der Waals surface area contributed by atoms with E-state index in [-0.39, 0.29) is 0 Å². The quantitative estimate of drug-likeness (QED) is 0.152. The number of hydrogen-bond donors (Lipinski definition) is 0. The van der Waals surface area contributed by atoms with Crippen molar-refractivity contribution in [1.82, 2.24) is 14.5 Å². The maximum absolute atomic E-state index is 6.14. The Morgan fingerprint density at radius 2 is 1.32 bits per heavy atom. The Morgan fingerprint density at radius 1 is 0.675 bits per heavy atom. The van der Waals surface area contributed by atoms with Gasteiger partial charge in [-0.1, -0.05) is 111 Å². The van der Waals surface area contributed by atoms with Crippen LogP contribution in [0.15, 0.2) is 115 Å². The number of aromatic nitrogens is 2. The summed E-state index contributed by atoms with van der Waals surface area (Å²) in [7, 11) is 0. The van der Waals surface area contributed by atoms with Crippen LogP contribution in [0.5, 0.6) is 11.5 Å². The highest BCUT2D eigenvalue weighted by Gasteiger charge is 2.21. The van der Waals surface area contributed by atoms with Gasteiger partial charge < -0.3 is 9.30 Å². The maximum atomic E-state index is 6.14. The SMILES string of the molecule is CCCCn1c(-c2ccccc2)nc(-c2ccccc2)c1CN(CCC)Cc1cccc(Oc2ccccc2)c1. The minimum Gasteiger partial charge on any atom is -0.457 e. The van der Waals surface area contributed by atoms with Gasteiger partial charge in [-0.25, -0.2) is 4.98 Å². The fraction of sp³-hybridized carbons (Fsp3) is 0.250. The Morgan fingerprint density at radius 3 is 2.00 bits per heavy atom. The standard InChI is InChI=1S/C36H39N3O/c1-3-5-25-39-34(35(30-17-9-6-10-18-30)37-36(39)31-19-11-7-12-20-31)28-38(24-4-2)27-29-16-15-23-33(26-29)40-32-21-13-8-14-22-32/h6-23,26H,3-5,24-25,27-28H2,1-2H3. The number of para-hydroxylation sites is 1. The minimum atomic E-state index is 0.825. The van der Waals surface area contributed by atoms with Crippen molar-refractivity contribution < 1.29 is 4.74 Å². The van der Waals surface area contributed by atoms with Gasteiger partial charge in [0.15, 0.2) is 0 Å². The van der Waals surface area contributed by atoms with Crippen LogP contribution in [0.3, 0.4) is 0 Å². The van der Waals surface area contributed by atoms with E-state index in [2.05, 4.69) is 102 Å². The first-order valence-corrected chi connectivity index (χ1v) is 14.5. The normalized spacial score (nSPS) is 11.2. The summed E-state index contributed by atoms with van der Waals surface area (Å²) in [4.78, 5) is 7.84. The second-order valence-corrected chi connectivity index (χ2v) is 10.2. The van der Waals surface area contributed by atoms with Crippen LogP contribution in [0.2, 0.25) is 0 Å². The van der Waals surface area contributed by atoms with Crippen LogP contribution >= 0.6 is 0 Å². The molecular formula is C36H39N3O. The lowest BCUT2D eigenvalue weighted by molar-refractivity contribution is 0.250. The van der Waals surface area contributed by atoms with Crippen molar-refractivity contribution in [2.24, 2.45) is 0 Å². The average molecular weight is 530 g/mol. The largest absolute Gasteiger partial charge is 0.457 e. The van der Waals surface area contributed by atoms with Gasteiger partial charge in [0, 0.05) is 30.8 Å². The van der Waals surface area contributed by atoms with Crippen molar-refractivity contribution >= 4 is 0 Å². The summed E-state index contributed by atoms with van der Waals surface area (Å²) < 4.78 is 8.61. The first-order chi connectivity index (χ1) is 19.7. The molecule has 40 heavy (non-hydrogen) atoms. The van der Waals surface area contributed by atoms with Gasteiger partial charge in [0.05, 0.1) is 11.4 Å². The molecule has 0 spiro atoms. The highest BCUT2D eigenvalue weighted by atomic mass is 16.5. The topological polar surface area (TPSA) is 30.3 Å². The van der Waals surface area contributed by atoms with Crippen LogP contribution in [-0.4, -0.2) is 21.0 Å². The molecule has 0 aliphatic rings. The van der Waals surface area contributed by atoms with Crippen LogP contribution in [0.4, 0.5) is 0 Å². The Hall–Kier alpha value is -4.15. The summed E-state index contributed by atoms with van der Waals surface area (Å²) in [6.07, 6.45) is 3.33. The average Bonchev–Trinajstić information content (AvgIpc) is 3.35. The summed E-state index contributed by atoms with van der Waals surface area (Å²) in [5.41, 5.74) is 5.93. The highest BCUT2D eigenvalue weighted by Crippen LogP contribution is 2.32. The molecule has 0 radical (unpaired) electrons. The van der Waals surface area contributed by atoms with Gasteiger partial charge in [0.2, 0.25) is 0 Å². The van der Waals surface area contributed by atoms with Crippen LogP contribution in [0.25, 0.3) is 22.6 Å². The van der Waals surface area contributed by atoms with E-state index in [4.69, 9.17) is 9.72 Å². The second kappa shape index (κ2) is 13.8. The molecule has 1 heterocycles. The smallest absolute Gasteiger partial charge is 0.140 e. The van der Waals surface area contributed by atoms with E-state index in [1.165, 1.54) is 16.8 Å². The van der Waals surface area contributed by atoms with Crippen molar-refractivity contribution in [3.8, 4) is 34.1 Å². The van der Waals surface area contributed by atoms with Crippen molar-refractivity contribution in [2.45, 2.75) is 52.7 Å². The zero-order chi connectivity index (χ0) is 27.6. The minimum absolute atomic E-state index is 0.825. The van der Waals surface area contributed by atoms with E-state index >= 15 is 0 Å². The molecule has 0 aliphatic carbocycles. The van der Waals surface area contributed by atoms with E-state index in [9.17, 15) is 0 Å². The molecule has 4 heteroatoms. The third-order valence-electron chi connectivity index (χ3n) is 7.08. The molecule has 0 N–H and O–H groups in total. The lowest BCUT2D eigenvalue weighted by atomic mass is 10.1. The van der Waals surface area contributed by atoms with Gasteiger partial charge in [-0.15, -0.1) is 0 Å². The predicted octanol–water partition coefficient (Wildman–Crippen LogP) is 9.22. The van der Waals surface area contributed by atoms with Crippen molar-refractivity contribution in [2.75, 3.05) is 6.54 Å². The van der Waals surface area contributed by atoms with E-state index in [1.807, 2.05) is 36.4 Å². The first kappa shape index (κ1) is 27.4. The lowest BCUT2D eigenvalue weighted by Crippen LogP contribution is -2.25. The molecule has 4 aromatic carbocycles. The van der Waals surface area contributed by atoms with E-state index in [1.54, 1.807) is 0 Å². The fourth-order valence-corrected chi connectivity index (χ4v) is 5.17. The third kappa shape index (κ3) is 6.88. The number of imidazole rings is 1. The summed E-state index contributed by atoms with van der Waals surface area (Å²) >= 11 is 0. The van der Waals surface area contributed by atoms with E-state index in [0.29, 0.717) is 0 Å². The van der Waals surface area contributed by atoms with Crippen molar-refractivity contribution in [3.63, 3.8) is 0 Å². The van der Waals surface area contributed by atoms with Gasteiger partial charge in [-0.2, -0.15) is 0 Å². The molecule has 0 aliphatic heterocycles. The van der Waals surface area contributed by atoms with E-state index in [0.717, 1.165) is 74.0 Å². The summed E-state index contributed by atoms with van der Waals surface area (Å²) in [6, 6.07) is 39.7. The number of nitrogens with zero attached hydrogens (tertiary/aromatic N) is 3. The summed E-state index contributed by atoms with van der Waals surface area (Å²) in [6.45, 7) is 8.13. The third-order valence-corrected chi connectivity index (χ3v) is 7.08. The van der Waals surface area contributed by atoms with Gasteiger partial charge >= 0.3 is 0 Å². The van der Waals surface area contributed by atoms with Crippen LogP contribution in [0, 0.1) is 0 Å². The molecule has 0 amide bonds. The Kier molecular flexibility index (Phi) is 9.44. The Labute approximate surface area is 238 Å². The van der Waals surface area contributed by atoms with E-state index < -0.39 is 0 Å². The Balaban J connectivity index is 1.49. The molecule has 0 saturated heterocycles. The molecule has 0 atom stereocenters. The van der Waals surface area contributed by atoms with Crippen molar-refractivity contribution in [3.05, 3.63) is 127 Å². The number of ether oxygens (including phenoxy) is 1. The molecule has 1 aromatic heterocycles. The van der Waals surface area contributed by atoms with Crippen LogP contribution in [-0.2, 0) is 19.6 Å². The molecule has 0 fully saturated rings. The number of rotatable bonds is 13. The zero-order valence-electron chi connectivity index (χ0n) is 23.7. The molecule has 5 rings (SSSR count). The molecule has 0 saturated carbocycles. The molecule has 204 valence electrons. The Bertz CT molecular complexity index is 1460. The second-order valence-electron chi connectivity index (χ2n) is 10.2. The predicted molar refractivity (Wildman–Crippen MR) is 165 cm³/mol. The maximum Gasteiger partial charge on any atom is 0.140 e. The van der Waals surface area contributed by atoms with Crippen LogP contribution < -0.4 is 4.74 Å². The fourth-order valence-electron chi connectivity index (χ4n) is 5.17. The molecule has 0 bridgehead atoms. The molecule has 0 unspecified atom stereocenters. The zero-order valence-corrected chi connectivity index (χ0v) is 23.7.